The summed E-state index contributed by atoms with van der Waals surface area (Å²) in [4.78, 5) is 13.6. The predicted octanol–water partition coefficient (Wildman–Crippen LogP) is 1.95. The fourth-order valence-corrected chi connectivity index (χ4v) is 2.00. The molecule has 1 atom stereocenters. The molecular weight excluding hydrogens is 303 g/mol. The first-order chi connectivity index (χ1) is 8.63. The van der Waals surface area contributed by atoms with Crippen LogP contribution in [0.3, 0.4) is 0 Å². The standard InChI is InChI=1S/C12H10BrFN2O2/c13-10-2-1-8(5-11(10)14)12(17)16-3-4-18-7-9(16)6-15/h1-2,5,9H,3-4,7H2/t9-/m0/s1. The number of ether oxygens (including phenoxy) is 1. The van der Waals surface area contributed by atoms with Gasteiger partial charge in [-0.2, -0.15) is 5.26 Å². The second-order valence-corrected chi connectivity index (χ2v) is 4.70. The first-order valence-electron chi connectivity index (χ1n) is 5.37. The van der Waals surface area contributed by atoms with E-state index < -0.39 is 11.9 Å². The molecule has 18 heavy (non-hydrogen) atoms. The highest BCUT2D eigenvalue weighted by molar-refractivity contribution is 9.10. The van der Waals surface area contributed by atoms with Crippen molar-refractivity contribution in [2.45, 2.75) is 6.04 Å². The van der Waals surface area contributed by atoms with Crippen molar-refractivity contribution in [2.24, 2.45) is 0 Å². The Morgan fingerprint density at radius 3 is 3.06 bits per heavy atom. The zero-order valence-electron chi connectivity index (χ0n) is 9.40. The third-order valence-corrected chi connectivity index (χ3v) is 3.35. The number of nitriles is 1. The van der Waals surface area contributed by atoms with Gasteiger partial charge >= 0.3 is 0 Å². The molecule has 0 saturated carbocycles. The van der Waals surface area contributed by atoms with E-state index in [0.717, 1.165) is 6.07 Å². The van der Waals surface area contributed by atoms with Crippen LogP contribution in [0, 0.1) is 17.1 Å². The van der Waals surface area contributed by atoms with Crippen molar-refractivity contribution >= 4 is 21.8 Å². The molecule has 0 radical (unpaired) electrons. The van der Waals surface area contributed by atoms with E-state index in [9.17, 15) is 9.18 Å². The van der Waals surface area contributed by atoms with Gasteiger partial charge in [0, 0.05) is 12.1 Å². The second kappa shape index (κ2) is 5.46. The lowest BCUT2D eigenvalue weighted by molar-refractivity contribution is 0.0132. The number of halogens is 2. The fourth-order valence-electron chi connectivity index (χ4n) is 1.75. The maximum atomic E-state index is 13.4. The van der Waals surface area contributed by atoms with Crippen LogP contribution in [0.2, 0.25) is 0 Å². The Morgan fingerprint density at radius 2 is 2.39 bits per heavy atom. The minimum atomic E-state index is -0.613. The van der Waals surface area contributed by atoms with Gasteiger partial charge in [-0.05, 0) is 34.1 Å². The number of carbonyl (C=O) groups excluding carboxylic acids is 1. The van der Waals surface area contributed by atoms with Gasteiger partial charge in [-0.25, -0.2) is 4.39 Å². The number of hydrogen-bond acceptors (Lipinski definition) is 3. The molecule has 0 bridgehead atoms. The molecular formula is C12H10BrFN2O2. The smallest absolute Gasteiger partial charge is 0.255 e. The fraction of sp³-hybridized carbons (Fsp3) is 0.333. The van der Waals surface area contributed by atoms with Gasteiger partial charge in [0.15, 0.2) is 0 Å². The van der Waals surface area contributed by atoms with Crippen molar-refractivity contribution in [3.63, 3.8) is 0 Å². The lowest BCUT2D eigenvalue weighted by atomic mass is 10.1. The molecule has 0 aliphatic carbocycles. The van der Waals surface area contributed by atoms with Gasteiger partial charge in [-0.15, -0.1) is 0 Å². The molecule has 0 N–H and O–H groups in total. The monoisotopic (exact) mass is 312 g/mol. The Morgan fingerprint density at radius 1 is 1.61 bits per heavy atom. The average molecular weight is 313 g/mol. The van der Waals surface area contributed by atoms with E-state index in [-0.39, 0.29) is 18.1 Å². The van der Waals surface area contributed by atoms with Crippen LogP contribution in [0.5, 0.6) is 0 Å². The average Bonchev–Trinajstić information content (AvgIpc) is 2.41. The molecule has 1 aliphatic heterocycles. The van der Waals surface area contributed by atoms with Crippen LogP contribution in [0.15, 0.2) is 22.7 Å². The normalized spacial score (nSPS) is 19.4. The largest absolute Gasteiger partial charge is 0.376 e. The maximum Gasteiger partial charge on any atom is 0.255 e. The van der Waals surface area contributed by atoms with E-state index >= 15 is 0 Å². The second-order valence-electron chi connectivity index (χ2n) is 3.85. The summed E-state index contributed by atoms with van der Waals surface area (Å²) in [6, 6.07) is 5.56. The van der Waals surface area contributed by atoms with E-state index in [1.807, 2.05) is 6.07 Å². The summed E-state index contributed by atoms with van der Waals surface area (Å²) in [7, 11) is 0. The van der Waals surface area contributed by atoms with E-state index in [4.69, 9.17) is 10.00 Å². The molecule has 1 aromatic rings. The first kappa shape index (κ1) is 13.0. The highest BCUT2D eigenvalue weighted by Gasteiger charge is 2.28. The van der Waals surface area contributed by atoms with Crippen molar-refractivity contribution in [3.8, 4) is 6.07 Å². The molecule has 1 heterocycles. The number of carbonyl (C=O) groups is 1. The van der Waals surface area contributed by atoms with E-state index in [1.54, 1.807) is 0 Å². The third-order valence-electron chi connectivity index (χ3n) is 2.70. The molecule has 0 aromatic heterocycles. The molecule has 1 amide bonds. The molecule has 0 unspecified atom stereocenters. The molecule has 6 heteroatoms. The lowest BCUT2D eigenvalue weighted by Crippen LogP contribution is -2.48. The summed E-state index contributed by atoms with van der Waals surface area (Å²) < 4.78 is 18.8. The van der Waals surface area contributed by atoms with Gasteiger partial charge < -0.3 is 9.64 Å². The van der Waals surface area contributed by atoms with Crippen LogP contribution < -0.4 is 0 Å². The Balaban J connectivity index is 2.24. The minimum Gasteiger partial charge on any atom is -0.376 e. The van der Waals surface area contributed by atoms with Crippen LogP contribution >= 0.6 is 15.9 Å². The molecule has 2 rings (SSSR count). The van der Waals surface area contributed by atoms with Crippen molar-refractivity contribution in [1.29, 1.82) is 5.26 Å². The zero-order chi connectivity index (χ0) is 13.1. The maximum absolute atomic E-state index is 13.4. The van der Waals surface area contributed by atoms with Gasteiger partial charge in [0.2, 0.25) is 0 Å². The number of nitrogens with zero attached hydrogens (tertiary/aromatic N) is 2. The van der Waals surface area contributed by atoms with Crippen molar-refractivity contribution in [1.82, 2.24) is 4.90 Å². The number of hydrogen-bond donors (Lipinski definition) is 0. The molecule has 1 aromatic carbocycles. The number of rotatable bonds is 1. The van der Waals surface area contributed by atoms with Crippen molar-refractivity contribution in [3.05, 3.63) is 34.1 Å². The Bertz CT molecular complexity index is 515. The molecule has 94 valence electrons. The Kier molecular flexibility index (Phi) is 3.94. The number of benzene rings is 1. The predicted molar refractivity (Wildman–Crippen MR) is 65.4 cm³/mol. The van der Waals surface area contributed by atoms with E-state index in [1.165, 1.54) is 17.0 Å². The van der Waals surface area contributed by atoms with Crippen LogP contribution in [0.25, 0.3) is 0 Å². The summed E-state index contributed by atoms with van der Waals surface area (Å²) in [5.41, 5.74) is 0.234. The van der Waals surface area contributed by atoms with E-state index in [2.05, 4.69) is 15.9 Å². The molecule has 1 fully saturated rings. The van der Waals surface area contributed by atoms with Gasteiger partial charge in [-0.1, -0.05) is 0 Å². The van der Waals surface area contributed by atoms with Crippen molar-refractivity contribution < 1.29 is 13.9 Å². The van der Waals surface area contributed by atoms with E-state index in [0.29, 0.717) is 17.6 Å². The van der Waals surface area contributed by atoms with Crippen molar-refractivity contribution in [2.75, 3.05) is 19.8 Å². The number of morpholine rings is 1. The third kappa shape index (κ3) is 2.52. The van der Waals surface area contributed by atoms with Crippen LogP contribution in [-0.4, -0.2) is 36.6 Å². The number of amides is 1. The van der Waals surface area contributed by atoms with Crippen LogP contribution in [-0.2, 0) is 4.74 Å². The Labute approximate surface area is 112 Å². The van der Waals surface area contributed by atoms with Crippen LogP contribution in [0.1, 0.15) is 10.4 Å². The zero-order valence-corrected chi connectivity index (χ0v) is 11.0. The summed E-state index contributed by atoms with van der Waals surface area (Å²) in [6.07, 6.45) is 0. The summed E-state index contributed by atoms with van der Waals surface area (Å²) in [6.45, 7) is 0.929. The highest BCUT2D eigenvalue weighted by Crippen LogP contribution is 2.19. The minimum absolute atomic E-state index is 0.196. The first-order valence-corrected chi connectivity index (χ1v) is 6.16. The Hall–Kier alpha value is -1.45. The lowest BCUT2D eigenvalue weighted by Gasteiger charge is -2.31. The molecule has 4 nitrogen and oxygen atoms in total. The SMILES string of the molecule is N#C[C@H]1COCCN1C(=O)c1ccc(Br)c(F)c1. The van der Waals surface area contributed by atoms with Gasteiger partial charge in [0.05, 0.1) is 23.8 Å². The van der Waals surface area contributed by atoms with Gasteiger partial charge in [0.25, 0.3) is 5.91 Å². The topological polar surface area (TPSA) is 53.3 Å². The quantitative estimate of drug-likeness (QED) is 0.796. The summed E-state index contributed by atoms with van der Waals surface area (Å²) >= 11 is 3.03. The highest BCUT2D eigenvalue weighted by atomic mass is 79.9. The molecule has 1 aliphatic rings. The van der Waals surface area contributed by atoms with Gasteiger partial charge in [0.1, 0.15) is 11.9 Å². The van der Waals surface area contributed by atoms with Crippen LogP contribution in [0.4, 0.5) is 4.39 Å². The molecule has 0 spiro atoms. The summed E-state index contributed by atoms with van der Waals surface area (Å²) in [5, 5.41) is 8.95. The summed E-state index contributed by atoms with van der Waals surface area (Å²) in [5.74, 6) is -0.848. The molecule has 1 saturated heterocycles. The van der Waals surface area contributed by atoms with Gasteiger partial charge in [-0.3, -0.25) is 4.79 Å².